The van der Waals surface area contributed by atoms with Crippen LogP contribution in [-0.4, -0.2) is 40.6 Å². The van der Waals surface area contributed by atoms with Gasteiger partial charge in [0.25, 0.3) is 0 Å². The molecule has 1 aromatic carbocycles. The normalized spacial score (nSPS) is 11.6. The fraction of sp³-hybridized carbons (Fsp3) is 0.294. The van der Waals surface area contributed by atoms with E-state index >= 15 is 0 Å². The Morgan fingerprint density at radius 3 is 2.78 bits per heavy atom. The van der Waals surface area contributed by atoms with E-state index in [4.69, 9.17) is 17.3 Å². The van der Waals surface area contributed by atoms with Crippen LogP contribution in [-0.2, 0) is 16.0 Å². The Morgan fingerprint density at radius 1 is 1.33 bits per heavy atom. The monoisotopic (exact) mass is 410 g/mol. The molecule has 0 fully saturated rings. The lowest BCUT2D eigenvalue weighted by atomic mass is 10.1. The van der Waals surface area contributed by atoms with Gasteiger partial charge in [-0.25, -0.2) is 14.6 Å². The van der Waals surface area contributed by atoms with Crippen molar-refractivity contribution in [2.24, 2.45) is 5.73 Å². The van der Waals surface area contributed by atoms with Crippen molar-refractivity contribution in [1.29, 1.82) is 0 Å². The number of hydrogen-bond donors (Lipinski definition) is 4. The van der Waals surface area contributed by atoms with Gasteiger partial charge in [-0.2, -0.15) is 0 Å². The number of nitrogens with two attached hydrogens (primary N) is 1. The van der Waals surface area contributed by atoms with Crippen LogP contribution in [0.4, 0.5) is 4.79 Å². The SMILES string of the molecule is NC(=O)NCCCC(NC(=O)Cc1csc(-c2cccc(Cl)c2)n1)C(=O)O. The fourth-order valence-corrected chi connectivity index (χ4v) is 3.33. The molecule has 0 aliphatic rings. The molecule has 1 atom stereocenters. The zero-order valence-corrected chi connectivity index (χ0v) is 15.8. The summed E-state index contributed by atoms with van der Waals surface area (Å²) in [6.45, 7) is 0.240. The predicted octanol–water partition coefficient (Wildman–Crippen LogP) is 2.02. The Labute approximate surface area is 164 Å². The summed E-state index contributed by atoms with van der Waals surface area (Å²) in [6, 6.07) is 5.51. The molecule has 2 rings (SSSR count). The number of primary amides is 1. The Hall–Kier alpha value is -2.65. The van der Waals surface area contributed by atoms with Gasteiger partial charge in [0.05, 0.1) is 12.1 Å². The zero-order valence-electron chi connectivity index (χ0n) is 14.3. The van der Waals surface area contributed by atoms with Gasteiger partial charge in [-0.1, -0.05) is 23.7 Å². The summed E-state index contributed by atoms with van der Waals surface area (Å²) in [5.41, 5.74) is 6.34. The third-order valence-corrected chi connectivity index (χ3v) is 4.74. The van der Waals surface area contributed by atoms with Crippen LogP contribution in [0.1, 0.15) is 18.5 Å². The molecule has 0 bridgehead atoms. The third kappa shape index (κ3) is 6.87. The molecule has 2 aromatic rings. The number of carboxylic acids is 1. The van der Waals surface area contributed by atoms with Crippen LogP contribution in [0.2, 0.25) is 5.02 Å². The number of nitrogens with one attached hydrogen (secondary N) is 2. The van der Waals surface area contributed by atoms with Gasteiger partial charge in [0.2, 0.25) is 5.91 Å². The standard InChI is InChI=1S/C17H19ClN4O4S/c18-11-4-1-3-10(7-11)15-21-12(9-27-15)8-14(23)22-13(16(24)25)5-2-6-20-17(19)26/h1,3-4,7,9,13H,2,5-6,8H2,(H,22,23)(H,24,25)(H3,19,20,26). The van der Waals surface area contributed by atoms with Crippen molar-refractivity contribution in [3.05, 3.63) is 40.4 Å². The first-order chi connectivity index (χ1) is 12.8. The minimum absolute atomic E-state index is 0.0274. The number of carbonyl (C=O) groups excluding carboxylic acids is 2. The number of carbonyl (C=O) groups is 3. The van der Waals surface area contributed by atoms with Crippen LogP contribution in [0.5, 0.6) is 0 Å². The topological polar surface area (TPSA) is 134 Å². The molecule has 10 heteroatoms. The van der Waals surface area contributed by atoms with Crippen LogP contribution >= 0.6 is 22.9 Å². The first kappa shape index (κ1) is 20.7. The molecule has 0 radical (unpaired) electrons. The lowest BCUT2D eigenvalue weighted by molar-refractivity contribution is -0.141. The average Bonchev–Trinajstić information content (AvgIpc) is 3.05. The number of benzene rings is 1. The average molecular weight is 411 g/mol. The molecule has 0 aliphatic carbocycles. The number of aliphatic carboxylic acids is 1. The first-order valence-electron chi connectivity index (χ1n) is 8.11. The molecule has 0 aliphatic heterocycles. The van der Waals surface area contributed by atoms with Crippen LogP contribution < -0.4 is 16.4 Å². The number of carboxylic acid groups (broad SMARTS) is 1. The van der Waals surface area contributed by atoms with E-state index in [1.165, 1.54) is 11.3 Å². The maximum absolute atomic E-state index is 12.1. The molecular formula is C17H19ClN4O4S. The smallest absolute Gasteiger partial charge is 0.326 e. The molecule has 0 spiro atoms. The summed E-state index contributed by atoms with van der Waals surface area (Å²) in [7, 11) is 0. The quantitative estimate of drug-likeness (QED) is 0.469. The van der Waals surface area contributed by atoms with E-state index in [1.54, 1.807) is 17.5 Å². The molecule has 8 nitrogen and oxygen atoms in total. The molecule has 0 saturated heterocycles. The van der Waals surface area contributed by atoms with Crippen molar-refractivity contribution in [1.82, 2.24) is 15.6 Å². The van der Waals surface area contributed by atoms with Crippen molar-refractivity contribution >= 4 is 40.8 Å². The highest BCUT2D eigenvalue weighted by molar-refractivity contribution is 7.13. The number of thiazole rings is 1. The Morgan fingerprint density at radius 2 is 2.11 bits per heavy atom. The summed E-state index contributed by atoms with van der Waals surface area (Å²) in [5, 5.41) is 17.1. The zero-order chi connectivity index (χ0) is 19.8. The molecular weight excluding hydrogens is 392 g/mol. The molecule has 1 aromatic heterocycles. The van der Waals surface area contributed by atoms with Crippen molar-refractivity contribution in [2.75, 3.05) is 6.54 Å². The summed E-state index contributed by atoms with van der Waals surface area (Å²) in [4.78, 5) is 38.4. The predicted molar refractivity (Wildman–Crippen MR) is 103 cm³/mol. The van der Waals surface area contributed by atoms with Gasteiger partial charge >= 0.3 is 12.0 Å². The number of urea groups is 1. The fourth-order valence-electron chi connectivity index (χ4n) is 2.33. The second-order valence-corrected chi connectivity index (χ2v) is 7.02. The lowest BCUT2D eigenvalue weighted by Gasteiger charge is -2.14. The molecule has 1 unspecified atom stereocenters. The number of amides is 3. The summed E-state index contributed by atoms with van der Waals surface area (Å²) < 4.78 is 0. The second-order valence-electron chi connectivity index (χ2n) is 5.72. The van der Waals surface area contributed by atoms with Gasteiger partial charge in [-0.05, 0) is 25.0 Å². The van der Waals surface area contributed by atoms with Gasteiger partial charge in [0.15, 0.2) is 0 Å². The molecule has 1 heterocycles. The minimum atomic E-state index is -1.14. The highest BCUT2D eigenvalue weighted by atomic mass is 35.5. The maximum Gasteiger partial charge on any atom is 0.326 e. The molecule has 3 amide bonds. The molecule has 27 heavy (non-hydrogen) atoms. The van der Waals surface area contributed by atoms with Gasteiger partial charge in [-0.3, -0.25) is 4.79 Å². The molecule has 0 saturated carbocycles. The van der Waals surface area contributed by atoms with Gasteiger partial charge in [-0.15, -0.1) is 11.3 Å². The largest absolute Gasteiger partial charge is 0.480 e. The first-order valence-corrected chi connectivity index (χ1v) is 9.36. The third-order valence-electron chi connectivity index (χ3n) is 3.57. The van der Waals surface area contributed by atoms with Gasteiger partial charge < -0.3 is 21.5 Å². The maximum atomic E-state index is 12.1. The summed E-state index contributed by atoms with van der Waals surface area (Å²) in [6.07, 6.45) is 0.516. The van der Waals surface area contributed by atoms with E-state index in [-0.39, 0.29) is 19.4 Å². The van der Waals surface area contributed by atoms with Crippen molar-refractivity contribution in [3.8, 4) is 10.6 Å². The van der Waals surface area contributed by atoms with E-state index in [9.17, 15) is 19.5 Å². The summed E-state index contributed by atoms with van der Waals surface area (Å²) >= 11 is 7.35. The van der Waals surface area contributed by atoms with Gasteiger partial charge in [0, 0.05) is 22.5 Å². The summed E-state index contributed by atoms with van der Waals surface area (Å²) in [5.74, 6) is -1.58. The molecule has 5 N–H and O–H groups in total. The number of nitrogens with zero attached hydrogens (tertiary/aromatic N) is 1. The van der Waals surface area contributed by atoms with Crippen LogP contribution in [0, 0.1) is 0 Å². The Bertz CT molecular complexity index is 827. The molecule has 144 valence electrons. The Kier molecular flexibility index (Phi) is 7.56. The van der Waals surface area contributed by atoms with Crippen LogP contribution in [0.25, 0.3) is 10.6 Å². The number of hydrogen-bond acceptors (Lipinski definition) is 5. The Balaban J connectivity index is 1.90. The second kappa shape index (κ2) is 9.89. The van der Waals surface area contributed by atoms with E-state index in [0.717, 1.165) is 10.6 Å². The van der Waals surface area contributed by atoms with Gasteiger partial charge in [0.1, 0.15) is 11.0 Å². The van der Waals surface area contributed by atoms with E-state index in [2.05, 4.69) is 15.6 Å². The highest BCUT2D eigenvalue weighted by Crippen LogP contribution is 2.26. The number of aromatic nitrogens is 1. The highest BCUT2D eigenvalue weighted by Gasteiger charge is 2.20. The minimum Gasteiger partial charge on any atom is -0.480 e. The van der Waals surface area contributed by atoms with Crippen LogP contribution in [0.15, 0.2) is 29.6 Å². The van der Waals surface area contributed by atoms with E-state index in [0.29, 0.717) is 17.1 Å². The lowest BCUT2D eigenvalue weighted by Crippen LogP contribution is -2.42. The van der Waals surface area contributed by atoms with Crippen molar-refractivity contribution in [2.45, 2.75) is 25.3 Å². The van der Waals surface area contributed by atoms with Crippen molar-refractivity contribution in [3.63, 3.8) is 0 Å². The van der Waals surface area contributed by atoms with Crippen LogP contribution in [0.3, 0.4) is 0 Å². The van der Waals surface area contributed by atoms with E-state index in [1.807, 2.05) is 12.1 Å². The number of halogens is 1. The number of rotatable bonds is 9. The van der Waals surface area contributed by atoms with Crippen molar-refractivity contribution < 1.29 is 19.5 Å². The van der Waals surface area contributed by atoms with E-state index < -0.39 is 23.9 Å².